The molecular formula is C19H28N2O5. The van der Waals surface area contributed by atoms with Crippen molar-refractivity contribution in [2.24, 2.45) is 0 Å². The highest BCUT2D eigenvalue weighted by Gasteiger charge is 2.19. The van der Waals surface area contributed by atoms with Crippen molar-refractivity contribution in [2.75, 3.05) is 32.9 Å². The van der Waals surface area contributed by atoms with Gasteiger partial charge in [0.1, 0.15) is 0 Å². The van der Waals surface area contributed by atoms with Crippen LogP contribution in [0, 0.1) is 0 Å². The molecular weight excluding hydrogens is 336 g/mol. The van der Waals surface area contributed by atoms with Crippen LogP contribution in [0.1, 0.15) is 32.3 Å². The maximum absolute atomic E-state index is 11.8. The molecule has 0 bridgehead atoms. The molecule has 144 valence electrons. The lowest BCUT2D eigenvalue weighted by atomic mass is 10.1. The van der Waals surface area contributed by atoms with E-state index in [9.17, 15) is 9.59 Å². The summed E-state index contributed by atoms with van der Waals surface area (Å²) in [6.45, 7) is 6.41. The Hall–Kier alpha value is -2.28. The van der Waals surface area contributed by atoms with E-state index in [0.717, 1.165) is 25.0 Å². The molecule has 1 heterocycles. The molecule has 26 heavy (non-hydrogen) atoms. The van der Waals surface area contributed by atoms with Crippen LogP contribution in [-0.2, 0) is 20.7 Å². The van der Waals surface area contributed by atoms with Crippen molar-refractivity contribution in [3.8, 4) is 11.5 Å². The van der Waals surface area contributed by atoms with E-state index in [2.05, 4.69) is 10.6 Å². The molecule has 1 aliphatic rings. The van der Waals surface area contributed by atoms with Crippen molar-refractivity contribution in [3.63, 3.8) is 0 Å². The van der Waals surface area contributed by atoms with E-state index >= 15 is 0 Å². The fourth-order valence-corrected chi connectivity index (χ4v) is 2.74. The second kappa shape index (κ2) is 10.7. The number of benzene rings is 1. The third-order valence-electron chi connectivity index (χ3n) is 4.03. The molecule has 1 atom stereocenters. The van der Waals surface area contributed by atoms with Gasteiger partial charge in [-0.2, -0.15) is 0 Å². The quantitative estimate of drug-likeness (QED) is 0.648. The first kappa shape index (κ1) is 20.0. The van der Waals surface area contributed by atoms with Gasteiger partial charge < -0.3 is 24.8 Å². The number of hydrogen-bond acceptors (Lipinski definition) is 5. The van der Waals surface area contributed by atoms with Crippen LogP contribution in [0.5, 0.6) is 11.5 Å². The second-order valence-electron chi connectivity index (χ2n) is 6.00. The maximum atomic E-state index is 11.8. The molecule has 7 heteroatoms. The summed E-state index contributed by atoms with van der Waals surface area (Å²) in [7, 11) is 0. The number of nitrogens with one attached hydrogen (secondary N) is 2. The molecule has 2 amide bonds. The largest absolute Gasteiger partial charge is 0.490 e. The predicted molar refractivity (Wildman–Crippen MR) is 97.5 cm³/mol. The highest BCUT2D eigenvalue weighted by molar-refractivity contribution is 6.35. The minimum Gasteiger partial charge on any atom is -0.490 e. The second-order valence-corrected chi connectivity index (χ2v) is 6.00. The smallest absolute Gasteiger partial charge is 0.309 e. The van der Waals surface area contributed by atoms with Crippen molar-refractivity contribution in [1.82, 2.24) is 10.6 Å². The molecule has 7 nitrogen and oxygen atoms in total. The van der Waals surface area contributed by atoms with E-state index in [4.69, 9.17) is 14.2 Å². The zero-order valence-corrected chi connectivity index (χ0v) is 15.5. The van der Waals surface area contributed by atoms with Gasteiger partial charge in [-0.05, 0) is 50.8 Å². The zero-order valence-electron chi connectivity index (χ0n) is 15.5. The Morgan fingerprint density at radius 3 is 2.54 bits per heavy atom. The summed E-state index contributed by atoms with van der Waals surface area (Å²) in [4.78, 5) is 23.6. The monoisotopic (exact) mass is 364 g/mol. The molecule has 1 aromatic rings. The lowest BCUT2D eigenvalue weighted by molar-refractivity contribution is -0.139. The molecule has 1 aromatic carbocycles. The minimum atomic E-state index is -0.626. The number of ether oxygens (including phenoxy) is 3. The normalized spacial score (nSPS) is 16.2. The third-order valence-corrected chi connectivity index (χ3v) is 4.03. The number of carbonyl (C=O) groups excluding carboxylic acids is 2. The Bertz CT molecular complexity index is 600. The topological polar surface area (TPSA) is 85.9 Å². The molecule has 1 saturated heterocycles. The highest BCUT2D eigenvalue weighted by atomic mass is 16.5. The molecule has 2 rings (SSSR count). The Balaban J connectivity index is 1.76. The molecule has 0 spiro atoms. The Labute approximate surface area is 154 Å². The van der Waals surface area contributed by atoms with Gasteiger partial charge in [-0.15, -0.1) is 0 Å². The van der Waals surface area contributed by atoms with Crippen molar-refractivity contribution < 1.29 is 23.8 Å². The SMILES string of the molecule is CCOc1ccc(CCNC(=O)C(=O)NCC2CCCO2)cc1OCC. The van der Waals surface area contributed by atoms with Crippen LogP contribution in [0.25, 0.3) is 0 Å². The molecule has 1 unspecified atom stereocenters. The molecule has 0 aliphatic carbocycles. The van der Waals surface area contributed by atoms with Gasteiger partial charge >= 0.3 is 11.8 Å². The van der Waals surface area contributed by atoms with Crippen LogP contribution in [0.2, 0.25) is 0 Å². The van der Waals surface area contributed by atoms with E-state index in [1.54, 1.807) is 0 Å². The molecule has 0 aromatic heterocycles. The average molecular weight is 364 g/mol. The average Bonchev–Trinajstić information content (AvgIpc) is 3.15. The standard InChI is InChI=1S/C19H28N2O5/c1-3-24-16-8-7-14(12-17(16)25-4-2)9-10-20-18(22)19(23)21-13-15-6-5-11-26-15/h7-8,12,15H,3-6,9-11,13H2,1-2H3,(H,20,22)(H,21,23). The fourth-order valence-electron chi connectivity index (χ4n) is 2.74. The fraction of sp³-hybridized carbons (Fsp3) is 0.579. The first-order valence-electron chi connectivity index (χ1n) is 9.20. The molecule has 2 N–H and O–H groups in total. The summed E-state index contributed by atoms with van der Waals surface area (Å²) in [5.41, 5.74) is 0.997. The number of hydrogen-bond donors (Lipinski definition) is 2. The lowest BCUT2D eigenvalue weighted by Gasteiger charge is -2.13. The van der Waals surface area contributed by atoms with E-state index in [-0.39, 0.29) is 6.10 Å². The van der Waals surface area contributed by atoms with Gasteiger partial charge in [-0.3, -0.25) is 9.59 Å². The van der Waals surface area contributed by atoms with Gasteiger partial charge in [-0.1, -0.05) is 6.07 Å². The van der Waals surface area contributed by atoms with Crippen LogP contribution >= 0.6 is 0 Å². The minimum absolute atomic E-state index is 0.0209. The van der Waals surface area contributed by atoms with Crippen LogP contribution in [0.15, 0.2) is 18.2 Å². The Morgan fingerprint density at radius 2 is 1.85 bits per heavy atom. The summed E-state index contributed by atoms with van der Waals surface area (Å²) in [6, 6.07) is 5.69. The maximum Gasteiger partial charge on any atom is 0.309 e. The predicted octanol–water partition coefficient (Wildman–Crippen LogP) is 1.44. The van der Waals surface area contributed by atoms with Gasteiger partial charge in [0.05, 0.1) is 19.3 Å². The first-order chi connectivity index (χ1) is 12.6. The zero-order chi connectivity index (χ0) is 18.8. The van der Waals surface area contributed by atoms with Gasteiger partial charge in [0.2, 0.25) is 0 Å². The van der Waals surface area contributed by atoms with E-state index in [0.29, 0.717) is 44.2 Å². The lowest BCUT2D eigenvalue weighted by Crippen LogP contribution is -2.43. The van der Waals surface area contributed by atoms with Crippen molar-refractivity contribution in [2.45, 2.75) is 39.2 Å². The van der Waals surface area contributed by atoms with Crippen molar-refractivity contribution in [1.29, 1.82) is 0 Å². The van der Waals surface area contributed by atoms with Gasteiger partial charge in [-0.25, -0.2) is 0 Å². The van der Waals surface area contributed by atoms with Crippen molar-refractivity contribution >= 4 is 11.8 Å². The Morgan fingerprint density at radius 1 is 1.12 bits per heavy atom. The summed E-state index contributed by atoms with van der Waals surface area (Å²) in [5, 5.41) is 5.24. The first-order valence-corrected chi connectivity index (χ1v) is 9.20. The van der Waals surface area contributed by atoms with Gasteiger partial charge in [0.25, 0.3) is 0 Å². The number of carbonyl (C=O) groups is 2. The molecule has 0 saturated carbocycles. The van der Waals surface area contributed by atoms with E-state index in [1.807, 2.05) is 32.0 Å². The van der Waals surface area contributed by atoms with Gasteiger partial charge in [0, 0.05) is 19.7 Å². The highest BCUT2D eigenvalue weighted by Crippen LogP contribution is 2.28. The van der Waals surface area contributed by atoms with Gasteiger partial charge in [0.15, 0.2) is 11.5 Å². The van der Waals surface area contributed by atoms with Crippen molar-refractivity contribution in [3.05, 3.63) is 23.8 Å². The summed E-state index contributed by atoms with van der Waals surface area (Å²) < 4.78 is 16.5. The summed E-state index contributed by atoms with van der Waals surface area (Å²) >= 11 is 0. The summed E-state index contributed by atoms with van der Waals surface area (Å²) in [6.07, 6.45) is 2.53. The number of amides is 2. The van der Waals surface area contributed by atoms with Crippen LogP contribution < -0.4 is 20.1 Å². The molecule has 1 aliphatic heterocycles. The Kier molecular flexibility index (Phi) is 8.21. The molecule has 0 radical (unpaired) electrons. The van der Waals surface area contributed by atoms with E-state index < -0.39 is 11.8 Å². The van der Waals surface area contributed by atoms with Crippen LogP contribution in [-0.4, -0.2) is 50.8 Å². The van der Waals surface area contributed by atoms with Crippen LogP contribution in [0.4, 0.5) is 0 Å². The third kappa shape index (κ3) is 6.22. The van der Waals surface area contributed by atoms with E-state index in [1.165, 1.54) is 0 Å². The molecule has 1 fully saturated rings. The summed E-state index contributed by atoms with van der Waals surface area (Å²) in [5.74, 6) is 0.143. The number of rotatable bonds is 9. The van der Waals surface area contributed by atoms with Crippen LogP contribution in [0.3, 0.4) is 0 Å².